The minimum atomic E-state index is -5.15. The van der Waals surface area contributed by atoms with E-state index in [0.29, 0.717) is 6.42 Å². The Balaban J connectivity index is 1.87. The van der Waals surface area contributed by atoms with Gasteiger partial charge in [-0.05, 0) is 6.42 Å². The molecule has 1 aromatic rings. The van der Waals surface area contributed by atoms with Crippen molar-refractivity contribution in [2.45, 2.75) is 24.7 Å². The molecule has 7 nitrogen and oxygen atoms in total. The minimum absolute atomic E-state index is 0.245. The number of amidine groups is 1. The van der Waals surface area contributed by atoms with Crippen LogP contribution in [0.5, 0.6) is 0 Å². The fourth-order valence-electron chi connectivity index (χ4n) is 2.81. The second-order valence-corrected chi connectivity index (χ2v) is 5.96. The molecule has 2 aliphatic heterocycles. The molecule has 1 unspecified atom stereocenters. The average Bonchev–Trinajstić information content (AvgIpc) is 3.12. The van der Waals surface area contributed by atoms with Crippen LogP contribution in [0.3, 0.4) is 0 Å². The number of rotatable bonds is 4. The van der Waals surface area contributed by atoms with E-state index in [9.17, 15) is 27.6 Å². The van der Waals surface area contributed by atoms with Gasteiger partial charge in [-0.1, -0.05) is 30.3 Å². The highest BCUT2D eigenvalue weighted by Crippen LogP contribution is 2.35. The topological polar surface area (TPSA) is 90.9 Å². The summed E-state index contributed by atoms with van der Waals surface area (Å²) in [6.45, 7) is -0.268. The second-order valence-electron chi connectivity index (χ2n) is 5.96. The average molecular weight is 368 g/mol. The number of nitrogens with one attached hydrogen (secondary N) is 2. The number of alkyl halides is 3. The van der Waals surface area contributed by atoms with E-state index in [1.165, 1.54) is 12.1 Å². The first kappa shape index (κ1) is 17.9. The summed E-state index contributed by atoms with van der Waals surface area (Å²) < 4.78 is 40.9. The van der Waals surface area contributed by atoms with Crippen LogP contribution in [-0.4, -0.2) is 53.4 Å². The highest BCUT2D eigenvalue weighted by Gasteiger charge is 2.65. The Morgan fingerprint density at radius 1 is 1.27 bits per heavy atom. The van der Waals surface area contributed by atoms with E-state index >= 15 is 0 Å². The quantitative estimate of drug-likeness (QED) is 0.814. The van der Waals surface area contributed by atoms with Crippen molar-refractivity contribution in [3.05, 3.63) is 35.9 Å². The SMILES string of the molecule is O=C(CN1CCCC1=O)NC1(C(F)(F)F)N=C(c2ccccc2)NC1=O. The summed E-state index contributed by atoms with van der Waals surface area (Å²) in [6, 6.07) is 7.78. The summed E-state index contributed by atoms with van der Waals surface area (Å²) in [6.07, 6.45) is -4.37. The van der Waals surface area contributed by atoms with Crippen LogP contribution in [0.4, 0.5) is 13.2 Å². The first-order chi connectivity index (χ1) is 12.2. The number of carbonyl (C=O) groups is 3. The standard InChI is InChI=1S/C16H15F3N4O3/c17-16(18,19)15(21-11(24)9-23-8-4-7-12(23)25)14(26)20-13(22-15)10-5-2-1-3-6-10/h1-3,5-6H,4,7-9H2,(H,21,24)(H,20,22,26). The van der Waals surface area contributed by atoms with Crippen LogP contribution in [-0.2, 0) is 14.4 Å². The van der Waals surface area contributed by atoms with Crippen LogP contribution in [0.25, 0.3) is 0 Å². The van der Waals surface area contributed by atoms with Crippen molar-refractivity contribution >= 4 is 23.6 Å². The molecule has 2 heterocycles. The van der Waals surface area contributed by atoms with Crippen molar-refractivity contribution in [2.75, 3.05) is 13.1 Å². The zero-order valence-electron chi connectivity index (χ0n) is 13.5. The normalized spacial score (nSPS) is 23.0. The molecule has 0 aromatic heterocycles. The van der Waals surface area contributed by atoms with Gasteiger partial charge in [-0.3, -0.25) is 14.4 Å². The lowest BCUT2D eigenvalue weighted by Crippen LogP contribution is -2.64. The summed E-state index contributed by atoms with van der Waals surface area (Å²) in [5.41, 5.74) is -3.14. The van der Waals surface area contributed by atoms with Gasteiger partial charge in [-0.15, -0.1) is 0 Å². The van der Waals surface area contributed by atoms with Crippen LogP contribution in [0.15, 0.2) is 35.3 Å². The van der Waals surface area contributed by atoms with Gasteiger partial charge in [-0.2, -0.15) is 13.2 Å². The zero-order valence-corrected chi connectivity index (χ0v) is 13.5. The van der Waals surface area contributed by atoms with Crippen LogP contribution in [0, 0.1) is 0 Å². The molecule has 10 heteroatoms. The number of hydrogen-bond acceptors (Lipinski definition) is 4. The van der Waals surface area contributed by atoms with Gasteiger partial charge >= 0.3 is 11.8 Å². The number of benzene rings is 1. The van der Waals surface area contributed by atoms with Crippen molar-refractivity contribution in [2.24, 2.45) is 4.99 Å². The first-order valence-electron chi connectivity index (χ1n) is 7.85. The molecule has 0 saturated carbocycles. The lowest BCUT2D eigenvalue weighted by molar-refractivity contribution is -0.197. The van der Waals surface area contributed by atoms with Crippen molar-refractivity contribution in [3.8, 4) is 0 Å². The summed E-state index contributed by atoms with van der Waals surface area (Å²) in [5, 5.41) is 3.74. The monoisotopic (exact) mass is 368 g/mol. The van der Waals surface area contributed by atoms with Gasteiger partial charge in [0.05, 0.1) is 6.54 Å². The molecule has 26 heavy (non-hydrogen) atoms. The van der Waals surface area contributed by atoms with Gasteiger partial charge in [0.2, 0.25) is 11.8 Å². The summed E-state index contributed by atoms with van der Waals surface area (Å²) in [7, 11) is 0. The number of amides is 3. The first-order valence-corrected chi connectivity index (χ1v) is 7.85. The molecule has 1 saturated heterocycles. The maximum Gasteiger partial charge on any atom is 0.442 e. The van der Waals surface area contributed by atoms with E-state index < -0.39 is 30.2 Å². The molecule has 1 atom stereocenters. The van der Waals surface area contributed by atoms with Gasteiger partial charge in [0.1, 0.15) is 5.84 Å². The zero-order chi connectivity index (χ0) is 18.9. The second kappa shape index (κ2) is 6.43. The third-order valence-electron chi connectivity index (χ3n) is 4.12. The third kappa shape index (κ3) is 3.14. The van der Waals surface area contributed by atoms with E-state index in [2.05, 4.69) is 10.3 Å². The Kier molecular flexibility index (Phi) is 4.43. The van der Waals surface area contributed by atoms with E-state index in [-0.39, 0.29) is 30.3 Å². The molecular weight excluding hydrogens is 353 g/mol. The minimum Gasteiger partial charge on any atom is -0.333 e. The van der Waals surface area contributed by atoms with Crippen LogP contribution < -0.4 is 10.6 Å². The fourth-order valence-corrected chi connectivity index (χ4v) is 2.81. The third-order valence-corrected chi connectivity index (χ3v) is 4.12. The largest absolute Gasteiger partial charge is 0.442 e. The predicted molar refractivity (Wildman–Crippen MR) is 83.9 cm³/mol. The molecule has 0 aliphatic carbocycles. The fraction of sp³-hybridized carbons (Fsp3) is 0.375. The molecule has 1 aromatic carbocycles. The molecular formula is C16H15F3N4O3. The molecule has 3 amide bonds. The van der Waals surface area contributed by atoms with Gasteiger partial charge < -0.3 is 15.5 Å². The van der Waals surface area contributed by atoms with Crippen LogP contribution in [0.2, 0.25) is 0 Å². The van der Waals surface area contributed by atoms with Gasteiger partial charge in [0.15, 0.2) is 0 Å². The maximum atomic E-state index is 13.6. The van der Waals surface area contributed by atoms with E-state index in [1.807, 2.05) is 0 Å². The highest BCUT2D eigenvalue weighted by molar-refractivity contribution is 6.16. The highest BCUT2D eigenvalue weighted by atomic mass is 19.4. The van der Waals surface area contributed by atoms with E-state index in [4.69, 9.17) is 0 Å². The van der Waals surface area contributed by atoms with E-state index in [1.54, 1.807) is 23.5 Å². The predicted octanol–water partition coefficient (Wildman–Crippen LogP) is 0.560. The van der Waals surface area contributed by atoms with Crippen LogP contribution in [0.1, 0.15) is 18.4 Å². The number of aliphatic imine (C=N–C) groups is 1. The molecule has 0 bridgehead atoms. The molecule has 0 spiro atoms. The Morgan fingerprint density at radius 2 is 1.96 bits per heavy atom. The van der Waals surface area contributed by atoms with E-state index in [0.717, 1.165) is 4.90 Å². The van der Waals surface area contributed by atoms with Crippen molar-refractivity contribution in [1.29, 1.82) is 0 Å². The number of likely N-dealkylation sites (tertiary alicyclic amines) is 1. The molecule has 2 aliphatic rings. The number of nitrogens with zero attached hydrogens (tertiary/aromatic N) is 2. The lowest BCUT2D eigenvalue weighted by Gasteiger charge is -2.28. The summed E-state index contributed by atoms with van der Waals surface area (Å²) in [4.78, 5) is 40.4. The van der Waals surface area contributed by atoms with Crippen LogP contribution >= 0.6 is 0 Å². The summed E-state index contributed by atoms with van der Waals surface area (Å²) >= 11 is 0. The van der Waals surface area contributed by atoms with Gasteiger partial charge in [0.25, 0.3) is 5.91 Å². The Bertz CT molecular complexity index is 779. The molecule has 138 valence electrons. The maximum absolute atomic E-state index is 13.6. The number of halogens is 3. The lowest BCUT2D eigenvalue weighted by atomic mass is 10.1. The Labute approximate surface area is 146 Å². The Morgan fingerprint density at radius 3 is 2.54 bits per heavy atom. The summed E-state index contributed by atoms with van der Waals surface area (Å²) in [5.74, 6) is -3.20. The molecule has 1 fully saturated rings. The number of hydrogen-bond donors (Lipinski definition) is 2. The van der Waals surface area contributed by atoms with Gasteiger partial charge in [-0.25, -0.2) is 4.99 Å². The smallest absolute Gasteiger partial charge is 0.333 e. The van der Waals surface area contributed by atoms with Gasteiger partial charge in [0, 0.05) is 18.5 Å². The van der Waals surface area contributed by atoms with Crippen molar-refractivity contribution in [1.82, 2.24) is 15.5 Å². The van der Waals surface area contributed by atoms with Crippen molar-refractivity contribution < 1.29 is 27.6 Å². The van der Waals surface area contributed by atoms with Crippen molar-refractivity contribution in [3.63, 3.8) is 0 Å². The molecule has 3 rings (SSSR count). The number of carbonyl (C=O) groups excluding carboxylic acids is 3. The molecule has 0 radical (unpaired) electrons. The molecule has 2 N–H and O–H groups in total. The Hall–Kier alpha value is -2.91.